The Hall–Kier alpha value is -3.17. The third-order valence-corrected chi connectivity index (χ3v) is 8.38. The Morgan fingerprint density at radius 1 is 0.925 bits per heavy atom. The molecular weight excluding hydrogens is 590 g/mol. The summed E-state index contributed by atoms with van der Waals surface area (Å²) in [6.07, 6.45) is 2.11. The minimum Gasteiger partial charge on any atom is -0.352 e. The summed E-state index contributed by atoms with van der Waals surface area (Å²) in [7, 11) is -3.81. The summed E-state index contributed by atoms with van der Waals surface area (Å²) >= 11 is 3.45. The number of nitrogens with one attached hydrogen (secondary N) is 1. The van der Waals surface area contributed by atoms with Gasteiger partial charge >= 0.3 is 0 Å². The molecule has 1 N–H and O–H groups in total. The van der Waals surface area contributed by atoms with Gasteiger partial charge in [-0.15, -0.1) is 0 Å². The zero-order chi connectivity index (χ0) is 29.4. The number of carbonyl (C=O) groups is 2. The summed E-state index contributed by atoms with van der Waals surface area (Å²) in [6, 6.07) is 21.6. The van der Waals surface area contributed by atoms with Gasteiger partial charge in [-0.05, 0) is 73.7 Å². The highest BCUT2D eigenvalue weighted by molar-refractivity contribution is 9.10. The number of halogens is 1. The number of rotatable bonds is 12. The van der Waals surface area contributed by atoms with Crippen LogP contribution < -0.4 is 9.62 Å². The molecule has 0 saturated heterocycles. The van der Waals surface area contributed by atoms with E-state index in [0.717, 1.165) is 43.7 Å². The Bertz CT molecular complexity index is 1390. The van der Waals surface area contributed by atoms with Gasteiger partial charge in [-0.2, -0.15) is 0 Å². The summed E-state index contributed by atoms with van der Waals surface area (Å²) in [4.78, 5) is 29.4. The molecule has 3 rings (SSSR count). The van der Waals surface area contributed by atoms with E-state index in [2.05, 4.69) is 21.2 Å². The van der Waals surface area contributed by atoms with E-state index in [1.807, 2.05) is 88.4 Å². The Labute approximate surface area is 246 Å². The van der Waals surface area contributed by atoms with Gasteiger partial charge < -0.3 is 10.2 Å². The van der Waals surface area contributed by atoms with Gasteiger partial charge in [0.1, 0.15) is 12.6 Å². The van der Waals surface area contributed by atoms with Crippen molar-refractivity contribution >= 4 is 43.5 Å². The molecule has 0 radical (unpaired) electrons. The second-order valence-electron chi connectivity index (χ2n) is 10.3. The van der Waals surface area contributed by atoms with Crippen LogP contribution in [0.1, 0.15) is 42.5 Å². The van der Waals surface area contributed by atoms with Crippen LogP contribution in [0.25, 0.3) is 0 Å². The first kappa shape index (κ1) is 31.4. The predicted octanol–water partition coefficient (Wildman–Crippen LogP) is 5.39. The topological polar surface area (TPSA) is 86.8 Å². The second-order valence-corrected chi connectivity index (χ2v) is 13.1. The summed E-state index contributed by atoms with van der Waals surface area (Å²) < 4.78 is 27.9. The fourth-order valence-corrected chi connectivity index (χ4v) is 5.59. The van der Waals surface area contributed by atoms with E-state index < -0.39 is 28.5 Å². The average molecular weight is 629 g/mol. The van der Waals surface area contributed by atoms with Gasteiger partial charge in [0.15, 0.2) is 0 Å². The van der Waals surface area contributed by atoms with E-state index in [9.17, 15) is 18.0 Å². The Morgan fingerprint density at radius 2 is 1.52 bits per heavy atom. The molecule has 2 atom stereocenters. The number of aryl methyl sites for hydroxylation is 2. The fraction of sp³-hybridized carbons (Fsp3) is 0.355. The highest BCUT2D eigenvalue weighted by Crippen LogP contribution is 2.23. The van der Waals surface area contributed by atoms with Crippen molar-refractivity contribution in [1.82, 2.24) is 10.2 Å². The molecular formula is C31H38BrN3O4S. The maximum Gasteiger partial charge on any atom is 0.244 e. The van der Waals surface area contributed by atoms with E-state index >= 15 is 0 Å². The molecule has 7 nitrogen and oxygen atoms in total. The molecule has 9 heteroatoms. The fourth-order valence-electron chi connectivity index (χ4n) is 4.49. The van der Waals surface area contributed by atoms with Gasteiger partial charge in [0.25, 0.3) is 0 Å². The van der Waals surface area contributed by atoms with Crippen LogP contribution in [0.2, 0.25) is 0 Å². The van der Waals surface area contributed by atoms with Crippen LogP contribution in [0.3, 0.4) is 0 Å². The lowest BCUT2D eigenvalue weighted by atomic mass is 10.0. The van der Waals surface area contributed by atoms with Gasteiger partial charge in [0, 0.05) is 23.5 Å². The first-order valence-corrected chi connectivity index (χ1v) is 16.0. The van der Waals surface area contributed by atoms with E-state index in [4.69, 9.17) is 0 Å². The zero-order valence-corrected chi connectivity index (χ0v) is 26.1. The Kier molecular flexibility index (Phi) is 10.9. The van der Waals surface area contributed by atoms with Gasteiger partial charge in [-0.25, -0.2) is 8.42 Å². The molecule has 0 aromatic heterocycles. The third-order valence-electron chi connectivity index (χ3n) is 6.71. The van der Waals surface area contributed by atoms with Crippen LogP contribution in [0, 0.1) is 13.8 Å². The van der Waals surface area contributed by atoms with Crippen molar-refractivity contribution in [2.75, 3.05) is 17.1 Å². The number of carbonyl (C=O) groups excluding carboxylic acids is 2. The minimum atomic E-state index is -3.81. The Balaban J connectivity index is 2.07. The first-order valence-electron chi connectivity index (χ1n) is 13.3. The van der Waals surface area contributed by atoms with Crippen molar-refractivity contribution in [1.29, 1.82) is 0 Å². The van der Waals surface area contributed by atoms with E-state index in [1.165, 1.54) is 4.90 Å². The van der Waals surface area contributed by atoms with E-state index in [1.54, 1.807) is 12.1 Å². The minimum absolute atomic E-state index is 0.0850. The molecule has 0 aliphatic carbocycles. The highest BCUT2D eigenvalue weighted by Gasteiger charge is 2.33. The molecule has 0 aliphatic rings. The van der Waals surface area contributed by atoms with Gasteiger partial charge in [0.05, 0.1) is 11.9 Å². The molecule has 0 unspecified atom stereocenters. The number of hydrogen-bond acceptors (Lipinski definition) is 4. The molecule has 3 aromatic rings. The summed E-state index contributed by atoms with van der Waals surface area (Å²) in [5.41, 5.74) is 3.91. The van der Waals surface area contributed by atoms with Crippen molar-refractivity contribution in [2.45, 2.75) is 59.2 Å². The number of benzene rings is 3. The molecule has 3 aromatic carbocycles. The van der Waals surface area contributed by atoms with Gasteiger partial charge in [-0.3, -0.25) is 13.9 Å². The molecule has 0 spiro atoms. The van der Waals surface area contributed by atoms with Crippen molar-refractivity contribution in [3.8, 4) is 0 Å². The molecule has 0 bridgehead atoms. The summed E-state index contributed by atoms with van der Waals surface area (Å²) in [6.45, 7) is 7.38. The van der Waals surface area contributed by atoms with E-state index in [0.29, 0.717) is 5.69 Å². The molecule has 214 valence electrons. The highest BCUT2D eigenvalue weighted by atomic mass is 79.9. The van der Waals surface area contributed by atoms with Crippen molar-refractivity contribution in [2.24, 2.45) is 0 Å². The lowest BCUT2D eigenvalue weighted by Gasteiger charge is -2.34. The first-order chi connectivity index (χ1) is 18.9. The quantitative estimate of drug-likeness (QED) is 0.292. The standard InChI is InChI=1S/C31H38BrN3O4S/c1-6-24(4)33-31(37)29(19-25-10-8-7-9-11-25)34(20-26-12-14-27(32)15-13-26)30(36)21-35(40(5,38)39)28-17-22(2)16-23(3)18-28/h7-18,24,29H,6,19-21H2,1-5H3,(H,33,37)/t24-,29-/m1/s1. The summed E-state index contributed by atoms with van der Waals surface area (Å²) in [5.74, 6) is -0.742. The lowest BCUT2D eigenvalue weighted by Crippen LogP contribution is -2.54. The van der Waals surface area contributed by atoms with Crippen LogP contribution >= 0.6 is 15.9 Å². The number of amides is 2. The molecule has 0 heterocycles. The maximum absolute atomic E-state index is 14.1. The number of hydrogen-bond donors (Lipinski definition) is 1. The summed E-state index contributed by atoms with van der Waals surface area (Å²) in [5, 5.41) is 3.04. The molecule has 0 aliphatic heterocycles. The molecule has 2 amide bonds. The molecule has 0 fully saturated rings. The smallest absolute Gasteiger partial charge is 0.244 e. The second kappa shape index (κ2) is 13.9. The van der Waals surface area contributed by atoms with Crippen molar-refractivity contribution in [3.05, 3.63) is 99.5 Å². The van der Waals surface area contributed by atoms with Crippen molar-refractivity contribution in [3.63, 3.8) is 0 Å². The SMILES string of the molecule is CC[C@@H](C)NC(=O)[C@@H](Cc1ccccc1)N(Cc1ccc(Br)cc1)C(=O)CN(c1cc(C)cc(C)c1)S(C)(=O)=O. The number of nitrogens with zero attached hydrogens (tertiary/aromatic N) is 2. The average Bonchev–Trinajstić information content (AvgIpc) is 2.89. The maximum atomic E-state index is 14.1. The van der Waals surface area contributed by atoms with E-state index in [-0.39, 0.29) is 24.9 Å². The van der Waals surface area contributed by atoms with Crippen LogP contribution in [0.5, 0.6) is 0 Å². The van der Waals surface area contributed by atoms with Crippen LogP contribution in [0.15, 0.2) is 77.3 Å². The van der Waals surface area contributed by atoms with Crippen LogP contribution in [-0.4, -0.2) is 50.0 Å². The van der Waals surface area contributed by atoms with Crippen LogP contribution in [-0.2, 0) is 32.6 Å². The van der Waals surface area contributed by atoms with Gasteiger partial charge in [-0.1, -0.05) is 71.4 Å². The number of sulfonamides is 1. The van der Waals surface area contributed by atoms with Gasteiger partial charge in [0.2, 0.25) is 21.8 Å². The third kappa shape index (κ3) is 8.93. The Morgan fingerprint density at radius 3 is 2.08 bits per heavy atom. The largest absolute Gasteiger partial charge is 0.352 e. The lowest BCUT2D eigenvalue weighted by molar-refractivity contribution is -0.140. The zero-order valence-electron chi connectivity index (χ0n) is 23.7. The monoisotopic (exact) mass is 627 g/mol. The molecule has 40 heavy (non-hydrogen) atoms. The normalized spacial score (nSPS) is 12.8. The van der Waals surface area contributed by atoms with Crippen LogP contribution in [0.4, 0.5) is 5.69 Å². The molecule has 0 saturated carbocycles. The number of anilines is 1. The predicted molar refractivity (Wildman–Crippen MR) is 165 cm³/mol. The van der Waals surface area contributed by atoms with Crippen molar-refractivity contribution < 1.29 is 18.0 Å².